The van der Waals surface area contributed by atoms with Crippen LogP contribution in [0.1, 0.15) is 73.4 Å². The molecule has 0 spiro atoms. The summed E-state index contributed by atoms with van der Waals surface area (Å²) in [4.78, 5) is 83.3. The Morgan fingerprint density at radius 1 is 0.467 bits per heavy atom. The van der Waals surface area contributed by atoms with Gasteiger partial charge in [0.15, 0.2) is 0 Å². The first-order valence-electron chi connectivity index (χ1n) is 23.2. The number of imide groups is 2. The molecule has 2 atom stereocenters. The Kier molecular flexibility index (Phi) is 11.4. The quantitative estimate of drug-likeness (QED) is 0.0907. The van der Waals surface area contributed by atoms with Crippen LogP contribution in [0.3, 0.4) is 0 Å². The van der Waals surface area contributed by atoms with Gasteiger partial charge < -0.3 is 10.2 Å². The summed E-state index contributed by atoms with van der Waals surface area (Å²) in [5, 5.41) is 21.3. The molecule has 0 bridgehead atoms. The molecular formula is C57H36F6N2O8S2. The summed E-state index contributed by atoms with van der Waals surface area (Å²) >= 11 is 1.67. The van der Waals surface area contributed by atoms with Gasteiger partial charge in [-0.3, -0.25) is 29.0 Å². The largest absolute Gasteiger partial charge is 0.480 e. The van der Waals surface area contributed by atoms with Crippen LogP contribution >= 0.6 is 22.7 Å². The summed E-state index contributed by atoms with van der Waals surface area (Å²) in [7, 11) is 0. The van der Waals surface area contributed by atoms with E-state index < -0.39 is 87.7 Å². The zero-order valence-corrected chi connectivity index (χ0v) is 40.7. The number of benzene rings is 6. The highest BCUT2D eigenvalue weighted by atomic mass is 32.1. The predicted molar refractivity (Wildman–Crippen MR) is 270 cm³/mol. The van der Waals surface area contributed by atoms with Crippen molar-refractivity contribution in [2.45, 2.75) is 56.5 Å². The number of hydrogen-bond donors (Lipinski definition) is 2. The molecule has 376 valence electrons. The first-order valence-corrected chi connectivity index (χ1v) is 24.8. The monoisotopic (exact) mass is 1050 g/mol. The van der Waals surface area contributed by atoms with Gasteiger partial charge in [-0.25, -0.2) is 9.59 Å². The normalized spacial score (nSPS) is 17.3. The lowest BCUT2D eigenvalue weighted by molar-refractivity contribution is -0.254. The molecule has 0 saturated heterocycles. The van der Waals surface area contributed by atoms with Crippen molar-refractivity contribution < 1.29 is 65.3 Å². The number of halogens is 6. The van der Waals surface area contributed by atoms with E-state index in [0.717, 1.165) is 34.8 Å². The van der Waals surface area contributed by atoms with Crippen molar-refractivity contribution >= 4 is 90.9 Å². The minimum atomic E-state index is -5.92. The highest BCUT2D eigenvalue weighted by Crippen LogP contribution is 2.66. The van der Waals surface area contributed by atoms with Crippen molar-refractivity contribution in [3.63, 3.8) is 0 Å². The van der Waals surface area contributed by atoms with Crippen LogP contribution in [0.15, 0.2) is 133 Å². The van der Waals surface area contributed by atoms with E-state index in [9.17, 15) is 39.0 Å². The maximum atomic E-state index is 16.5. The summed E-state index contributed by atoms with van der Waals surface area (Å²) in [6.07, 6.45) is -0.382. The Balaban J connectivity index is 0.998. The number of carboxylic acid groups (broad SMARTS) is 2. The summed E-state index contributed by atoms with van der Waals surface area (Å²) < 4.78 is 97.9. The van der Waals surface area contributed by atoms with Gasteiger partial charge in [-0.15, -0.1) is 22.7 Å². The highest BCUT2D eigenvalue weighted by molar-refractivity contribution is 7.16. The van der Waals surface area contributed by atoms with Gasteiger partial charge in [0.2, 0.25) is 0 Å². The maximum absolute atomic E-state index is 16.5. The van der Waals surface area contributed by atoms with Crippen LogP contribution < -0.4 is 0 Å². The molecule has 4 amide bonds. The highest BCUT2D eigenvalue weighted by Gasteiger charge is 2.80. The third-order valence-electron chi connectivity index (χ3n) is 14.2. The molecular weight excluding hydrogens is 1020 g/mol. The first-order chi connectivity index (χ1) is 35.6. The van der Waals surface area contributed by atoms with Crippen molar-refractivity contribution in [3.05, 3.63) is 188 Å². The molecule has 1 aliphatic carbocycles. The first kappa shape index (κ1) is 49.0. The lowest BCUT2D eigenvalue weighted by atomic mass is 9.89. The smallest absolute Gasteiger partial charge is 0.380 e. The molecule has 6 aromatic carbocycles. The molecule has 10 nitrogen and oxygen atoms in total. The molecule has 3 aliphatic rings. The van der Waals surface area contributed by atoms with Crippen LogP contribution in [0.5, 0.6) is 0 Å². The van der Waals surface area contributed by atoms with E-state index in [1.165, 1.54) is 74.5 Å². The Morgan fingerprint density at radius 3 is 1.15 bits per heavy atom. The predicted octanol–water partition coefficient (Wildman–Crippen LogP) is 12.5. The van der Waals surface area contributed by atoms with Gasteiger partial charge in [-0.1, -0.05) is 97.1 Å². The number of hydrogen-bond acceptors (Lipinski definition) is 8. The Labute approximate surface area is 429 Å². The van der Waals surface area contributed by atoms with Gasteiger partial charge in [0, 0.05) is 76.5 Å². The molecule has 75 heavy (non-hydrogen) atoms. The maximum Gasteiger partial charge on any atom is 0.380 e. The topological polar surface area (TPSA) is 149 Å². The van der Waals surface area contributed by atoms with Gasteiger partial charge >= 0.3 is 29.7 Å². The standard InChI is InChI=1S/C57H36F6N2O8S2/c1-27-39(25-43(74-27)31-19-21-37-45-33(31)15-9-17-35(45)49(66)64(51(37)68)41(53(70)71)23-29-11-5-3-6-12-29)47-48(56(60,61)57(62,63)55(47,58)59)40-26-44(75-28(40)2)32-20-22-38-46-34(32)16-10-18-36(46)50(67)65(52(38)69)42(54(72)73)24-30-13-7-4-8-14-30/h3-22,25-26,41-42H,23-24H2,1-2H3,(H,70,71)(H,72,73)/t41-,42-/m1/s1. The SMILES string of the molecule is Cc1sc(-c2ccc3c4c(cccc24)C(=O)N([C@H](Cc2ccccc2)C(=O)O)C3=O)cc1C1=C(c2cc(-c3ccc4c5c(cccc35)C(=O)N([C@H](Cc3ccccc3)C(=O)O)C4=O)sc2C)C(F)(F)C(F)(F)C1(F)F. The summed E-state index contributed by atoms with van der Waals surface area (Å²) in [5.41, 5.74) is -2.95. The summed E-state index contributed by atoms with van der Waals surface area (Å²) in [6.45, 7) is 2.64. The molecule has 4 heterocycles. The number of rotatable bonds is 12. The van der Waals surface area contributed by atoms with Crippen molar-refractivity contribution in [2.24, 2.45) is 0 Å². The van der Waals surface area contributed by atoms with Crippen molar-refractivity contribution in [3.8, 4) is 20.9 Å². The number of carbonyl (C=O) groups is 6. The number of alkyl halides is 6. The minimum Gasteiger partial charge on any atom is -0.480 e. The molecule has 2 N–H and O–H groups in total. The second-order valence-corrected chi connectivity index (χ2v) is 21.0. The van der Waals surface area contributed by atoms with Crippen LogP contribution in [0.25, 0.3) is 53.6 Å². The van der Waals surface area contributed by atoms with Crippen molar-refractivity contribution in [2.75, 3.05) is 0 Å². The van der Waals surface area contributed by atoms with Crippen molar-refractivity contribution in [1.29, 1.82) is 0 Å². The molecule has 0 radical (unpaired) electrons. The van der Waals surface area contributed by atoms with Crippen molar-refractivity contribution in [1.82, 2.24) is 9.80 Å². The fourth-order valence-electron chi connectivity index (χ4n) is 10.6. The molecule has 0 fully saturated rings. The summed E-state index contributed by atoms with van der Waals surface area (Å²) in [5.74, 6) is -23.3. The van der Waals surface area contributed by atoms with Crippen LogP contribution in [0.2, 0.25) is 0 Å². The third-order valence-corrected chi connectivity index (χ3v) is 16.4. The fourth-order valence-corrected chi connectivity index (χ4v) is 12.8. The molecule has 11 rings (SSSR count). The fraction of sp³-hybridized carbons (Fsp3) is 0.158. The van der Waals surface area contributed by atoms with Crippen LogP contribution in [-0.2, 0) is 22.4 Å². The van der Waals surface area contributed by atoms with Crippen LogP contribution in [0, 0.1) is 13.8 Å². The van der Waals surface area contributed by atoms with E-state index in [-0.39, 0.29) is 87.3 Å². The molecule has 0 unspecified atom stereocenters. The number of carboxylic acids is 2. The van der Waals surface area contributed by atoms with Crippen LogP contribution in [-0.4, -0.2) is 85.4 Å². The third kappa shape index (κ3) is 7.28. The number of nitrogens with zero attached hydrogens (tertiary/aromatic N) is 2. The number of thiophene rings is 2. The minimum absolute atomic E-state index is 0.0336. The molecule has 0 saturated carbocycles. The van der Waals surface area contributed by atoms with Gasteiger partial charge in [0.1, 0.15) is 12.1 Å². The molecule has 8 aromatic rings. The second kappa shape index (κ2) is 17.4. The molecule has 2 aliphatic heterocycles. The number of aliphatic carboxylic acids is 2. The number of allylic oxidation sites excluding steroid dienone is 2. The number of carbonyl (C=O) groups excluding carboxylic acids is 4. The zero-order chi connectivity index (χ0) is 53.2. The summed E-state index contributed by atoms with van der Waals surface area (Å²) in [6, 6.07) is 30.2. The molecule has 2 aromatic heterocycles. The Hall–Kier alpha value is -8.22. The van der Waals surface area contributed by atoms with Gasteiger partial charge in [0.25, 0.3) is 23.6 Å². The van der Waals surface area contributed by atoms with E-state index in [1.807, 2.05) is 0 Å². The van der Waals surface area contributed by atoms with Gasteiger partial charge in [-0.2, -0.15) is 26.3 Å². The van der Waals surface area contributed by atoms with Crippen LogP contribution in [0.4, 0.5) is 26.3 Å². The Morgan fingerprint density at radius 2 is 0.800 bits per heavy atom. The van der Waals surface area contributed by atoms with E-state index in [0.29, 0.717) is 20.9 Å². The van der Waals surface area contributed by atoms with E-state index in [4.69, 9.17) is 0 Å². The lowest BCUT2D eigenvalue weighted by Gasteiger charge is -2.32. The number of amides is 4. The van der Waals surface area contributed by atoms with E-state index in [1.54, 1.807) is 60.7 Å². The average molecular weight is 1060 g/mol. The van der Waals surface area contributed by atoms with Gasteiger partial charge in [0.05, 0.1) is 0 Å². The lowest BCUT2D eigenvalue weighted by Crippen LogP contribution is -2.51. The number of aryl methyl sites for hydroxylation is 2. The zero-order valence-electron chi connectivity index (χ0n) is 39.1. The van der Waals surface area contributed by atoms with E-state index in [2.05, 4.69) is 0 Å². The average Bonchev–Trinajstić information content (AvgIpc) is 4.05. The van der Waals surface area contributed by atoms with E-state index >= 15 is 26.3 Å². The Bertz CT molecular complexity index is 3580. The molecule has 18 heteroatoms. The second-order valence-electron chi connectivity index (χ2n) is 18.5. The van der Waals surface area contributed by atoms with Gasteiger partial charge in [-0.05, 0) is 94.4 Å².